The summed E-state index contributed by atoms with van der Waals surface area (Å²) < 4.78 is 0. The number of halogens is 2. The van der Waals surface area contributed by atoms with Crippen LogP contribution in [0.25, 0.3) is 0 Å². The fourth-order valence-corrected chi connectivity index (χ4v) is 4.19. The van der Waals surface area contributed by atoms with Crippen molar-refractivity contribution >= 4 is 46.8 Å². The minimum absolute atomic E-state index is 0.0141. The second-order valence-corrected chi connectivity index (χ2v) is 8.91. The molecular formula is C23H28Cl2N2O2S. The topological polar surface area (TPSA) is 49.4 Å². The Morgan fingerprint density at radius 2 is 1.60 bits per heavy atom. The van der Waals surface area contributed by atoms with Gasteiger partial charge in [0.25, 0.3) is 0 Å². The first-order valence-electron chi connectivity index (χ1n) is 10.1. The molecule has 2 aromatic rings. The maximum Gasteiger partial charge on any atom is 0.242 e. The number of carbonyl (C=O) groups excluding carboxylic acids is 2. The summed E-state index contributed by atoms with van der Waals surface area (Å²) in [6.45, 7) is 4.73. The van der Waals surface area contributed by atoms with Crippen molar-refractivity contribution in [2.24, 2.45) is 0 Å². The third-order valence-electron chi connectivity index (χ3n) is 4.62. The van der Waals surface area contributed by atoms with Crippen LogP contribution in [0.5, 0.6) is 0 Å². The molecule has 1 atom stereocenters. The summed E-state index contributed by atoms with van der Waals surface area (Å²) in [5.41, 5.74) is 0.950. The third kappa shape index (κ3) is 7.86. The molecule has 2 rings (SSSR count). The zero-order chi connectivity index (χ0) is 21.9. The van der Waals surface area contributed by atoms with Crippen molar-refractivity contribution in [3.8, 4) is 0 Å². The monoisotopic (exact) mass is 466 g/mol. The fourth-order valence-electron chi connectivity index (χ4n) is 3.09. The normalized spacial score (nSPS) is 11.7. The largest absolute Gasteiger partial charge is 0.355 e. The number of hydrogen-bond acceptors (Lipinski definition) is 3. The van der Waals surface area contributed by atoms with Crippen LogP contribution < -0.4 is 5.32 Å². The third-order valence-corrected chi connectivity index (χ3v) is 6.22. The number of rotatable bonds is 11. The minimum atomic E-state index is -0.489. The van der Waals surface area contributed by atoms with Gasteiger partial charge in [0.1, 0.15) is 6.04 Å². The average Bonchev–Trinajstić information content (AvgIpc) is 2.74. The van der Waals surface area contributed by atoms with E-state index in [-0.39, 0.29) is 11.8 Å². The lowest BCUT2D eigenvalue weighted by Crippen LogP contribution is -2.49. The summed E-state index contributed by atoms with van der Waals surface area (Å²) in [5, 5.41) is 4.21. The van der Waals surface area contributed by atoms with Crippen LogP contribution in [-0.2, 0) is 16.1 Å². The molecule has 2 aromatic carbocycles. The maximum absolute atomic E-state index is 13.1. The Labute approximate surface area is 193 Å². The van der Waals surface area contributed by atoms with Crippen molar-refractivity contribution in [2.45, 2.75) is 50.6 Å². The lowest BCUT2D eigenvalue weighted by atomic mass is 10.1. The Kier molecular flexibility index (Phi) is 10.6. The lowest BCUT2D eigenvalue weighted by Gasteiger charge is -2.30. The molecule has 0 heterocycles. The highest BCUT2D eigenvalue weighted by Crippen LogP contribution is 2.22. The van der Waals surface area contributed by atoms with Gasteiger partial charge < -0.3 is 10.2 Å². The summed E-state index contributed by atoms with van der Waals surface area (Å²) in [4.78, 5) is 28.5. The van der Waals surface area contributed by atoms with E-state index in [0.717, 1.165) is 22.6 Å². The molecule has 2 amide bonds. The van der Waals surface area contributed by atoms with Gasteiger partial charge in [0, 0.05) is 34.5 Å². The molecule has 0 bridgehead atoms. The first-order chi connectivity index (χ1) is 14.4. The van der Waals surface area contributed by atoms with Crippen LogP contribution in [0.2, 0.25) is 10.0 Å². The van der Waals surface area contributed by atoms with Crippen molar-refractivity contribution in [1.82, 2.24) is 10.2 Å². The number of benzene rings is 2. The molecule has 4 nitrogen and oxygen atoms in total. The van der Waals surface area contributed by atoms with Gasteiger partial charge in [-0.1, -0.05) is 42.3 Å². The molecule has 0 aromatic heterocycles. The molecule has 0 radical (unpaired) electrons. The molecule has 7 heteroatoms. The molecule has 162 valence electrons. The number of nitrogens with zero attached hydrogens (tertiary/aromatic N) is 1. The highest BCUT2D eigenvalue weighted by atomic mass is 35.5. The Morgan fingerprint density at radius 1 is 1.00 bits per heavy atom. The molecule has 30 heavy (non-hydrogen) atoms. The first-order valence-corrected chi connectivity index (χ1v) is 11.9. The van der Waals surface area contributed by atoms with Gasteiger partial charge in [-0.3, -0.25) is 9.59 Å². The van der Waals surface area contributed by atoms with E-state index in [1.807, 2.05) is 50.2 Å². The van der Waals surface area contributed by atoms with E-state index in [4.69, 9.17) is 23.2 Å². The Balaban J connectivity index is 2.01. The molecule has 1 N–H and O–H groups in total. The van der Waals surface area contributed by atoms with E-state index in [1.165, 1.54) is 0 Å². The summed E-state index contributed by atoms with van der Waals surface area (Å²) in [5.74, 6) is 0.692. The van der Waals surface area contributed by atoms with Crippen molar-refractivity contribution < 1.29 is 9.59 Å². The van der Waals surface area contributed by atoms with Crippen molar-refractivity contribution in [1.29, 1.82) is 0 Å². The predicted molar refractivity (Wildman–Crippen MR) is 126 cm³/mol. The zero-order valence-corrected chi connectivity index (χ0v) is 19.7. The fraction of sp³-hybridized carbons (Fsp3) is 0.391. The molecule has 0 unspecified atom stereocenters. The standard InChI is InChI=1S/C23H28Cl2N2O2S/c1-3-21(23(29)26-4-2)27(16-17-7-9-18(24)10-8-17)22(28)6-5-15-30-20-13-11-19(25)12-14-20/h7-14,21H,3-6,15-16H2,1-2H3,(H,26,29)/t21-/m0/s1. The van der Waals surface area contributed by atoms with E-state index in [9.17, 15) is 9.59 Å². The van der Waals surface area contributed by atoms with E-state index in [0.29, 0.717) is 36.0 Å². The molecule has 0 aliphatic heterocycles. The van der Waals surface area contributed by atoms with Crippen LogP contribution in [0.15, 0.2) is 53.4 Å². The van der Waals surface area contributed by atoms with Crippen LogP contribution in [0.1, 0.15) is 38.7 Å². The molecule has 0 saturated carbocycles. The highest BCUT2D eigenvalue weighted by Gasteiger charge is 2.27. The minimum Gasteiger partial charge on any atom is -0.355 e. The van der Waals surface area contributed by atoms with E-state index in [2.05, 4.69) is 5.32 Å². The van der Waals surface area contributed by atoms with E-state index < -0.39 is 6.04 Å². The molecular weight excluding hydrogens is 439 g/mol. The van der Waals surface area contributed by atoms with Gasteiger partial charge in [0.05, 0.1) is 0 Å². The number of likely N-dealkylation sites (N-methyl/N-ethyl adjacent to an activating group) is 1. The smallest absolute Gasteiger partial charge is 0.242 e. The highest BCUT2D eigenvalue weighted by molar-refractivity contribution is 7.99. The SMILES string of the molecule is CCNC(=O)[C@H](CC)N(Cc1ccc(Cl)cc1)C(=O)CCCSc1ccc(Cl)cc1. The average molecular weight is 467 g/mol. The molecule has 0 fully saturated rings. The van der Waals surface area contributed by atoms with Gasteiger partial charge in [0.15, 0.2) is 0 Å². The lowest BCUT2D eigenvalue weighted by molar-refractivity contribution is -0.141. The van der Waals surface area contributed by atoms with Crippen LogP contribution in [0, 0.1) is 0 Å². The van der Waals surface area contributed by atoms with Gasteiger partial charge in [-0.2, -0.15) is 0 Å². The van der Waals surface area contributed by atoms with Gasteiger partial charge in [-0.05, 0) is 67.5 Å². The number of nitrogens with one attached hydrogen (secondary N) is 1. The van der Waals surface area contributed by atoms with Crippen LogP contribution in [0.3, 0.4) is 0 Å². The maximum atomic E-state index is 13.1. The van der Waals surface area contributed by atoms with Gasteiger partial charge in [-0.15, -0.1) is 11.8 Å². The Morgan fingerprint density at radius 3 is 2.17 bits per heavy atom. The number of carbonyl (C=O) groups is 2. The zero-order valence-electron chi connectivity index (χ0n) is 17.4. The summed E-state index contributed by atoms with van der Waals surface area (Å²) in [7, 11) is 0. The van der Waals surface area contributed by atoms with Crippen molar-refractivity contribution in [3.63, 3.8) is 0 Å². The molecule has 0 saturated heterocycles. The summed E-state index contributed by atoms with van der Waals surface area (Å²) >= 11 is 13.6. The first kappa shape index (κ1) is 24.6. The van der Waals surface area contributed by atoms with Crippen molar-refractivity contribution in [3.05, 3.63) is 64.1 Å². The molecule has 0 aliphatic carbocycles. The molecule has 0 aliphatic rings. The number of amides is 2. The number of thioether (sulfide) groups is 1. The van der Waals surface area contributed by atoms with Gasteiger partial charge in [0.2, 0.25) is 11.8 Å². The van der Waals surface area contributed by atoms with E-state index in [1.54, 1.807) is 28.8 Å². The van der Waals surface area contributed by atoms with Crippen LogP contribution >= 0.6 is 35.0 Å². The summed E-state index contributed by atoms with van der Waals surface area (Å²) in [6.07, 6.45) is 1.68. The summed E-state index contributed by atoms with van der Waals surface area (Å²) in [6, 6.07) is 14.6. The van der Waals surface area contributed by atoms with E-state index >= 15 is 0 Å². The van der Waals surface area contributed by atoms with Gasteiger partial charge in [-0.25, -0.2) is 0 Å². The van der Waals surface area contributed by atoms with Crippen LogP contribution in [-0.4, -0.2) is 35.1 Å². The number of hydrogen-bond donors (Lipinski definition) is 1. The second kappa shape index (κ2) is 12.9. The Hall–Kier alpha value is -1.69. The van der Waals surface area contributed by atoms with Gasteiger partial charge >= 0.3 is 0 Å². The van der Waals surface area contributed by atoms with Crippen molar-refractivity contribution in [2.75, 3.05) is 12.3 Å². The molecule has 0 spiro atoms. The quantitative estimate of drug-likeness (QED) is 0.335. The predicted octanol–water partition coefficient (Wildman–Crippen LogP) is 5.81. The van der Waals surface area contributed by atoms with Crippen LogP contribution in [0.4, 0.5) is 0 Å². The second-order valence-electron chi connectivity index (χ2n) is 6.87. The Bertz CT molecular complexity index is 813.